The molecular weight excluding hydrogens is 322 g/mol. The molecule has 9 nitrogen and oxygen atoms in total. The molecule has 0 unspecified atom stereocenters. The molecule has 2 heterocycles. The Morgan fingerprint density at radius 1 is 1.48 bits per heavy atom. The minimum Gasteiger partial charge on any atom is -0.396 e. The molecule has 0 saturated carbocycles. The van der Waals surface area contributed by atoms with Crippen molar-refractivity contribution in [3.63, 3.8) is 0 Å². The highest BCUT2D eigenvalue weighted by molar-refractivity contribution is 6.31. The molecule has 124 valence electrons. The van der Waals surface area contributed by atoms with E-state index in [-0.39, 0.29) is 35.1 Å². The van der Waals surface area contributed by atoms with Gasteiger partial charge in [0, 0.05) is 13.2 Å². The maximum absolute atomic E-state index is 12.1. The van der Waals surface area contributed by atoms with Crippen LogP contribution in [0.15, 0.2) is 16.6 Å². The van der Waals surface area contributed by atoms with Crippen LogP contribution in [0.1, 0.15) is 23.8 Å². The fraction of sp³-hybridized carbons (Fsp3) is 0.385. The van der Waals surface area contributed by atoms with Crippen LogP contribution in [0.25, 0.3) is 0 Å². The number of nitrogens with zero attached hydrogens (tertiary/aromatic N) is 3. The summed E-state index contributed by atoms with van der Waals surface area (Å²) in [4.78, 5) is 23.5. The van der Waals surface area contributed by atoms with Crippen molar-refractivity contribution in [3.8, 4) is 0 Å². The monoisotopic (exact) mass is 339 g/mol. The van der Waals surface area contributed by atoms with E-state index in [1.54, 1.807) is 0 Å². The maximum Gasteiger partial charge on any atom is 0.302 e. The Hall–Kier alpha value is -2.39. The van der Waals surface area contributed by atoms with Crippen LogP contribution in [0.5, 0.6) is 0 Å². The van der Waals surface area contributed by atoms with Gasteiger partial charge in [0.25, 0.3) is 0 Å². The van der Waals surface area contributed by atoms with Crippen molar-refractivity contribution in [2.45, 2.75) is 19.4 Å². The molecule has 0 spiro atoms. The van der Waals surface area contributed by atoms with Crippen LogP contribution in [0.3, 0.4) is 0 Å². The smallest absolute Gasteiger partial charge is 0.302 e. The number of aliphatic imine (C=N–C) groups is 1. The average Bonchev–Trinajstić information content (AvgIpc) is 2.90. The van der Waals surface area contributed by atoms with E-state index in [0.29, 0.717) is 18.9 Å². The number of carbonyl (C=O) groups excluding carboxylic acids is 1. The quantitative estimate of drug-likeness (QED) is 0.468. The number of aromatic nitrogens is 2. The summed E-state index contributed by atoms with van der Waals surface area (Å²) in [7, 11) is 0. The standard InChI is InChI=1S/C13H18ClN7O2/c1-6(2-3-22)4-7-5-17-13(18-7)21-12(23)8-10(15)20-11(16)9(14)19-8/h4,7,22H,2-3,5H2,1H3,(H4,15,16,20)(H2,17,18,21,23)/b6-4+/t7-/m0/s1. The van der Waals surface area contributed by atoms with E-state index >= 15 is 0 Å². The Balaban J connectivity index is 2.10. The van der Waals surface area contributed by atoms with Crippen molar-refractivity contribution in [1.29, 1.82) is 0 Å². The van der Waals surface area contributed by atoms with Gasteiger partial charge in [0.15, 0.2) is 28.4 Å². The highest BCUT2D eigenvalue weighted by Gasteiger charge is 2.20. The molecule has 0 aromatic carbocycles. The van der Waals surface area contributed by atoms with E-state index in [1.807, 2.05) is 13.0 Å². The molecule has 1 aliphatic rings. The molecule has 7 N–H and O–H groups in total. The van der Waals surface area contributed by atoms with Crippen LogP contribution in [-0.2, 0) is 0 Å². The first kappa shape index (κ1) is 17.0. The van der Waals surface area contributed by atoms with Gasteiger partial charge in [-0.05, 0) is 13.3 Å². The lowest BCUT2D eigenvalue weighted by Gasteiger charge is -2.06. The second-order valence-corrected chi connectivity index (χ2v) is 5.38. The Morgan fingerprint density at radius 2 is 2.22 bits per heavy atom. The molecule has 1 fully saturated rings. The Kier molecular flexibility index (Phi) is 5.35. The molecule has 0 bridgehead atoms. The number of hydrogen-bond donors (Lipinski definition) is 5. The summed E-state index contributed by atoms with van der Waals surface area (Å²) >= 11 is 5.74. The highest BCUT2D eigenvalue weighted by atomic mass is 35.5. The van der Waals surface area contributed by atoms with E-state index in [4.69, 9.17) is 28.2 Å². The Bertz CT molecular complexity index is 675. The van der Waals surface area contributed by atoms with Crippen molar-refractivity contribution in [3.05, 3.63) is 22.5 Å². The number of anilines is 2. The molecule has 23 heavy (non-hydrogen) atoms. The highest BCUT2D eigenvalue weighted by Crippen LogP contribution is 2.18. The number of aliphatic hydroxyl groups is 1. The Morgan fingerprint density at radius 3 is 2.91 bits per heavy atom. The number of rotatable bonds is 4. The SMILES string of the molecule is C/C(=C\[C@H]1CN/C(=N/C(=O)c2nc(Cl)c(N)nc2N)N1)CCO. The molecule has 10 heteroatoms. The third kappa shape index (κ3) is 4.30. The van der Waals surface area contributed by atoms with Gasteiger partial charge in [0.05, 0.1) is 6.04 Å². The average molecular weight is 340 g/mol. The lowest BCUT2D eigenvalue weighted by Crippen LogP contribution is -2.28. The van der Waals surface area contributed by atoms with Crippen LogP contribution in [0.2, 0.25) is 5.15 Å². The second kappa shape index (κ2) is 7.25. The fourth-order valence-electron chi connectivity index (χ4n) is 2.01. The first-order valence-electron chi connectivity index (χ1n) is 6.90. The number of nitrogens with one attached hydrogen (secondary N) is 2. The first-order valence-corrected chi connectivity index (χ1v) is 7.28. The number of aliphatic hydroxyl groups excluding tert-OH is 1. The predicted octanol–water partition coefficient (Wildman–Crippen LogP) is -0.319. The molecule has 0 aliphatic carbocycles. The van der Waals surface area contributed by atoms with Crippen molar-refractivity contribution in [2.24, 2.45) is 4.99 Å². The molecule has 0 radical (unpaired) electrons. The summed E-state index contributed by atoms with van der Waals surface area (Å²) in [5.74, 6) is -0.546. The van der Waals surface area contributed by atoms with E-state index < -0.39 is 5.91 Å². The summed E-state index contributed by atoms with van der Waals surface area (Å²) in [6, 6.07) is -0.0217. The largest absolute Gasteiger partial charge is 0.396 e. The minimum atomic E-state index is -0.677. The van der Waals surface area contributed by atoms with Gasteiger partial charge in [0.1, 0.15) is 0 Å². The first-order chi connectivity index (χ1) is 10.9. The minimum absolute atomic E-state index is 0.0217. The number of halogens is 1. The third-order valence-electron chi connectivity index (χ3n) is 3.12. The van der Waals surface area contributed by atoms with Crippen molar-refractivity contribution in [1.82, 2.24) is 20.6 Å². The van der Waals surface area contributed by atoms with Gasteiger partial charge in [-0.1, -0.05) is 23.3 Å². The third-order valence-corrected chi connectivity index (χ3v) is 3.40. The zero-order chi connectivity index (χ0) is 17.0. The van der Waals surface area contributed by atoms with Crippen molar-refractivity contribution >= 4 is 35.1 Å². The van der Waals surface area contributed by atoms with Crippen LogP contribution in [0.4, 0.5) is 11.6 Å². The van der Waals surface area contributed by atoms with E-state index in [9.17, 15) is 4.79 Å². The maximum atomic E-state index is 12.1. The summed E-state index contributed by atoms with van der Waals surface area (Å²) in [6.45, 7) is 2.58. The van der Waals surface area contributed by atoms with E-state index in [1.165, 1.54) is 0 Å². The van der Waals surface area contributed by atoms with Gasteiger partial charge in [-0.15, -0.1) is 0 Å². The zero-order valence-electron chi connectivity index (χ0n) is 12.5. The molecule has 1 aliphatic heterocycles. The molecular formula is C13H18ClN7O2. The molecule has 1 aromatic rings. The van der Waals surface area contributed by atoms with Crippen molar-refractivity contribution < 1.29 is 9.90 Å². The summed E-state index contributed by atoms with van der Waals surface area (Å²) in [5.41, 5.74) is 12.0. The molecule has 1 amide bonds. The molecule has 1 saturated heterocycles. The second-order valence-electron chi connectivity index (χ2n) is 5.02. The van der Waals surface area contributed by atoms with Gasteiger partial charge in [-0.2, -0.15) is 4.99 Å². The lowest BCUT2D eigenvalue weighted by atomic mass is 10.1. The van der Waals surface area contributed by atoms with Crippen LogP contribution in [-0.4, -0.2) is 46.1 Å². The van der Waals surface area contributed by atoms with E-state index in [0.717, 1.165) is 5.57 Å². The van der Waals surface area contributed by atoms with Gasteiger partial charge in [0.2, 0.25) is 0 Å². The molecule has 1 aromatic heterocycles. The number of guanidine groups is 1. The fourth-order valence-corrected chi connectivity index (χ4v) is 2.14. The van der Waals surface area contributed by atoms with Crippen LogP contribution < -0.4 is 22.1 Å². The van der Waals surface area contributed by atoms with Crippen molar-refractivity contribution in [2.75, 3.05) is 24.6 Å². The Labute approximate surface area is 137 Å². The van der Waals surface area contributed by atoms with E-state index in [2.05, 4.69) is 25.6 Å². The van der Waals surface area contributed by atoms with Crippen LogP contribution >= 0.6 is 11.6 Å². The number of amides is 1. The molecule has 2 rings (SSSR count). The predicted molar refractivity (Wildman–Crippen MR) is 88.0 cm³/mol. The normalized spacial score (nSPS) is 19.5. The van der Waals surface area contributed by atoms with Gasteiger partial charge in [-0.3, -0.25) is 4.79 Å². The van der Waals surface area contributed by atoms with Gasteiger partial charge >= 0.3 is 5.91 Å². The van der Waals surface area contributed by atoms with Gasteiger partial charge in [-0.25, -0.2) is 9.97 Å². The summed E-state index contributed by atoms with van der Waals surface area (Å²) in [6.07, 6.45) is 2.56. The molecule has 1 atom stereocenters. The number of nitrogen functional groups attached to an aromatic ring is 2. The topological polar surface area (TPSA) is 152 Å². The zero-order valence-corrected chi connectivity index (χ0v) is 13.3. The number of nitrogens with two attached hydrogens (primary N) is 2. The van der Waals surface area contributed by atoms with Gasteiger partial charge < -0.3 is 27.2 Å². The summed E-state index contributed by atoms with van der Waals surface area (Å²) in [5, 5.41) is 14.8. The number of hydrogen-bond acceptors (Lipinski definition) is 6. The number of carbonyl (C=O) groups is 1. The van der Waals surface area contributed by atoms with Crippen LogP contribution in [0, 0.1) is 0 Å². The lowest BCUT2D eigenvalue weighted by molar-refractivity contribution is 0.0998. The summed E-state index contributed by atoms with van der Waals surface area (Å²) < 4.78 is 0.